The number of fused-ring (bicyclic) bond motifs is 7. The lowest BCUT2D eigenvalue weighted by Crippen LogP contribution is -2.05. The van der Waals surface area contributed by atoms with Gasteiger partial charge in [0.25, 0.3) is 0 Å². The van der Waals surface area contributed by atoms with Gasteiger partial charge in [0, 0.05) is 38.4 Å². The Labute approximate surface area is 266 Å². The Hall–Kier alpha value is -6.00. The van der Waals surface area contributed by atoms with Gasteiger partial charge in [-0.3, -0.25) is 4.57 Å². The molecule has 4 heteroatoms. The van der Waals surface area contributed by atoms with Gasteiger partial charge >= 0.3 is 0 Å². The van der Waals surface area contributed by atoms with Crippen LogP contribution in [-0.4, -0.2) is 19.1 Å². The second kappa shape index (κ2) is 10.6. The van der Waals surface area contributed by atoms with Crippen molar-refractivity contribution in [3.05, 3.63) is 157 Å². The highest BCUT2D eigenvalue weighted by atomic mass is 15.2. The average Bonchev–Trinajstić information content (AvgIpc) is 3.66. The fourth-order valence-corrected chi connectivity index (χ4v) is 7.06. The van der Waals surface area contributed by atoms with E-state index < -0.39 is 0 Å². The van der Waals surface area contributed by atoms with Crippen molar-refractivity contribution in [3.63, 3.8) is 0 Å². The molecule has 0 bridgehead atoms. The Bertz CT molecular complexity index is 2490. The molecule has 9 aromatic rings. The molecule has 0 aliphatic carbocycles. The summed E-state index contributed by atoms with van der Waals surface area (Å²) in [6, 6.07) is 53.5. The summed E-state index contributed by atoms with van der Waals surface area (Å²) in [5.74, 6) is 0.658. The van der Waals surface area contributed by atoms with E-state index in [9.17, 15) is 0 Å². The van der Waals surface area contributed by atoms with Crippen LogP contribution in [0.5, 0.6) is 0 Å². The van der Waals surface area contributed by atoms with Gasteiger partial charge in [-0.2, -0.15) is 0 Å². The second-order valence-electron chi connectivity index (χ2n) is 11.7. The molecule has 0 aliphatic rings. The highest BCUT2D eigenvalue weighted by Crippen LogP contribution is 2.43. The Morgan fingerprint density at radius 1 is 0.478 bits per heavy atom. The molecule has 0 N–H and O–H groups in total. The van der Waals surface area contributed by atoms with Crippen LogP contribution in [0.1, 0.15) is 12.5 Å². The summed E-state index contributed by atoms with van der Waals surface area (Å²) in [6.07, 6.45) is 0.908. The molecule has 6 aromatic carbocycles. The maximum absolute atomic E-state index is 5.33. The SMILES string of the molecule is CCc1cc2c3ccccc3n(-c3ccccc3)c2c2c1c1ccccc1n2-c1nc(-c2ccccc2)cc(-c2ccccc2)n1. The minimum Gasteiger partial charge on any atom is -0.307 e. The molecule has 3 heterocycles. The lowest BCUT2D eigenvalue weighted by atomic mass is 10.0. The van der Waals surface area contributed by atoms with E-state index in [1.54, 1.807) is 0 Å². The van der Waals surface area contributed by atoms with Gasteiger partial charge in [0.05, 0.1) is 33.5 Å². The fourth-order valence-electron chi connectivity index (χ4n) is 7.06. The third-order valence-corrected chi connectivity index (χ3v) is 9.10. The van der Waals surface area contributed by atoms with Crippen molar-refractivity contribution in [1.29, 1.82) is 0 Å². The normalized spacial score (nSPS) is 11.7. The van der Waals surface area contributed by atoms with Gasteiger partial charge in [-0.1, -0.05) is 122 Å². The molecule has 46 heavy (non-hydrogen) atoms. The summed E-state index contributed by atoms with van der Waals surface area (Å²) in [5.41, 5.74) is 10.9. The van der Waals surface area contributed by atoms with Crippen molar-refractivity contribution in [1.82, 2.24) is 19.1 Å². The number of hydrogen-bond acceptors (Lipinski definition) is 2. The first-order valence-corrected chi connectivity index (χ1v) is 15.8. The van der Waals surface area contributed by atoms with Gasteiger partial charge < -0.3 is 4.57 Å². The van der Waals surface area contributed by atoms with Gasteiger partial charge in [0.1, 0.15) is 0 Å². The first kappa shape index (κ1) is 26.4. The molecule has 9 rings (SSSR count). The molecule has 218 valence electrons. The van der Waals surface area contributed by atoms with Gasteiger partial charge in [0.15, 0.2) is 0 Å². The summed E-state index contributed by atoms with van der Waals surface area (Å²) >= 11 is 0. The van der Waals surface area contributed by atoms with Crippen LogP contribution in [0, 0.1) is 0 Å². The zero-order valence-corrected chi connectivity index (χ0v) is 25.4. The summed E-state index contributed by atoms with van der Waals surface area (Å²) in [4.78, 5) is 10.7. The molecular formula is C42H30N4. The third-order valence-electron chi connectivity index (χ3n) is 9.10. The molecule has 0 spiro atoms. The Morgan fingerprint density at radius 2 is 1.00 bits per heavy atom. The lowest BCUT2D eigenvalue weighted by Gasteiger charge is -2.14. The zero-order chi connectivity index (χ0) is 30.6. The topological polar surface area (TPSA) is 35.6 Å². The summed E-state index contributed by atoms with van der Waals surface area (Å²) in [6.45, 7) is 2.25. The van der Waals surface area contributed by atoms with Crippen LogP contribution in [0.2, 0.25) is 0 Å². The molecule has 4 nitrogen and oxygen atoms in total. The van der Waals surface area contributed by atoms with Gasteiger partial charge in [-0.05, 0) is 48.4 Å². The lowest BCUT2D eigenvalue weighted by molar-refractivity contribution is 0.994. The van der Waals surface area contributed by atoms with E-state index in [4.69, 9.17) is 9.97 Å². The second-order valence-corrected chi connectivity index (χ2v) is 11.7. The molecule has 0 amide bonds. The Morgan fingerprint density at radius 3 is 1.61 bits per heavy atom. The van der Waals surface area contributed by atoms with Crippen molar-refractivity contribution < 1.29 is 0 Å². The first-order chi connectivity index (χ1) is 22.8. The molecule has 0 unspecified atom stereocenters. The molecule has 0 radical (unpaired) electrons. The number of aromatic nitrogens is 4. The first-order valence-electron chi connectivity index (χ1n) is 15.8. The van der Waals surface area contributed by atoms with E-state index in [2.05, 4.69) is 156 Å². The minimum absolute atomic E-state index is 0.658. The highest BCUT2D eigenvalue weighted by Gasteiger charge is 2.24. The standard InChI is InChI=1S/C42H30N4/c1-2-28-26-34-32-22-12-14-24-37(32)45(31-20-10-5-11-21-31)40(34)41-39(28)33-23-13-15-25-38(33)46(41)42-43-35(29-16-6-3-7-17-29)27-36(44-42)30-18-8-4-9-19-30/h3-27H,2H2,1H3. The van der Waals surface area contributed by atoms with Crippen LogP contribution in [0.25, 0.3) is 77.8 Å². The van der Waals surface area contributed by atoms with Crippen molar-refractivity contribution in [2.45, 2.75) is 13.3 Å². The van der Waals surface area contributed by atoms with Crippen molar-refractivity contribution in [2.24, 2.45) is 0 Å². The van der Waals surface area contributed by atoms with E-state index in [1.807, 2.05) is 12.1 Å². The molecule has 0 saturated heterocycles. The van der Waals surface area contributed by atoms with Crippen LogP contribution >= 0.6 is 0 Å². The Balaban J connectivity index is 1.51. The van der Waals surface area contributed by atoms with Gasteiger partial charge in [-0.15, -0.1) is 0 Å². The van der Waals surface area contributed by atoms with E-state index >= 15 is 0 Å². The monoisotopic (exact) mass is 590 g/mol. The third kappa shape index (κ3) is 4.00. The molecule has 3 aromatic heterocycles. The number of aryl methyl sites for hydroxylation is 1. The summed E-state index contributed by atoms with van der Waals surface area (Å²) < 4.78 is 4.73. The van der Waals surface area contributed by atoms with E-state index in [0.29, 0.717) is 5.95 Å². The number of rotatable bonds is 5. The van der Waals surface area contributed by atoms with E-state index in [1.165, 1.54) is 32.6 Å². The number of hydrogen-bond donors (Lipinski definition) is 0. The fraction of sp³-hybridized carbons (Fsp3) is 0.0476. The quantitative estimate of drug-likeness (QED) is 0.200. The predicted molar refractivity (Wildman–Crippen MR) is 191 cm³/mol. The minimum atomic E-state index is 0.658. The molecule has 0 atom stereocenters. The van der Waals surface area contributed by atoms with Gasteiger partial charge in [0.2, 0.25) is 5.95 Å². The van der Waals surface area contributed by atoms with Crippen LogP contribution in [0.3, 0.4) is 0 Å². The maximum atomic E-state index is 5.33. The number of benzene rings is 6. The predicted octanol–water partition coefficient (Wildman–Crippen LogP) is 10.6. The molecule has 0 aliphatic heterocycles. The number of nitrogens with zero attached hydrogens (tertiary/aromatic N) is 4. The summed E-state index contributed by atoms with van der Waals surface area (Å²) in [5, 5.41) is 4.92. The smallest absolute Gasteiger partial charge is 0.235 e. The Kier molecular flexibility index (Phi) is 6.07. The molecule has 0 fully saturated rings. The van der Waals surface area contributed by atoms with Crippen LogP contribution in [-0.2, 0) is 6.42 Å². The average molecular weight is 591 g/mol. The van der Waals surface area contributed by atoms with E-state index in [-0.39, 0.29) is 0 Å². The van der Waals surface area contributed by atoms with Crippen LogP contribution < -0.4 is 0 Å². The van der Waals surface area contributed by atoms with Crippen molar-refractivity contribution >= 4 is 43.6 Å². The van der Waals surface area contributed by atoms with Crippen molar-refractivity contribution in [3.8, 4) is 34.2 Å². The molecular weight excluding hydrogens is 560 g/mol. The largest absolute Gasteiger partial charge is 0.307 e. The van der Waals surface area contributed by atoms with Crippen LogP contribution in [0.4, 0.5) is 0 Å². The number of para-hydroxylation sites is 3. The van der Waals surface area contributed by atoms with Gasteiger partial charge in [-0.25, -0.2) is 9.97 Å². The zero-order valence-electron chi connectivity index (χ0n) is 25.4. The highest BCUT2D eigenvalue weighted by molar-refractivity contribution is 6.24. The van der Waals surface area contributed by atoms with Crippen LogP contribution in [0.15, 0.2) is 152 Å². The summed E-state index contributed by atoms with van der Waals surface area (Å²) in [7, 11) is 0. The molecule has 0 saturated carbocycles. The van der Waals surface area contributed by atoms with Crippen molar-refractivity contribution in [2.75, 3.05) is 0 Å². The maximum Gasteiger partial charge on any atom is 0.235 e. The van der Waals surface area contributed by atoms with E-state index in [0.717, 1.165) is 51.2 Å².